The van der Waals surface area contributed by atoms with Crippen LogP contribution in [0.5, 0.6) is 11.5 Å². The summed E-state index contributed by atoms with van der Waals surface area (Å²) >= 11 is 1.63. The van der Waals surface area contributed by atoms with Gasteiger partial charge in [-0.05, 0) is 41.1 Å². The van der Waals surface area contributed by atoms with Gasteiger partial charge in [0, 0.05) is 23.8 Å². The molecule has 1 atom stereocenters. The zero-order chi connectivity index (χ0) is 18.8. The highest BCUT2D eigenvalue weighted by atomic mass is 32.1. The van der Waals surface area contributed by atoms with Crippen LogP contribution >= 0.6 is 11.3 Å². The van der Waals surface area contributed by atoms with Crippen LogP contribution in [-0.2, 0) is 6.42 Å². The van der Waals surface area contributed by atoms with Gasteiger partial charge in [-0.2, -0.15) is 0 Å². The molecule has 3 aromatic rings. The highest BCUT2D eigenvalue weighted by Gasteiger charge is 2.34. The third-order valence-corrected chi connectivity index (χ3v) is 5.65. The number of thiophene rings is 1. The third kappa shape index (κ3) is 3.14. The first-order valence-electron chi connectivity index (χ1n) is 8.58. The zero-order valence-electron chi connectivity index (χ0n) is 15.1. The van der Waals surface area contributed by atoms with Gasteiger partial charge in [-0.3, -0.25) is 9.78 Å². The molecule has 3 heterocycles. The lowest BCUT2D eigenvalue weighted by Gasteiger charge is -2.37. The SMILES string of the molecule is COc1cc2c(cc1OC)[C@@H](c1cccs1)N(C(=O)c1cnccn1)CC2. The smallest absolute Gasteiger partial charge is 0.274 e. The molecule has 7 heteroatoms. The summed E-state index contributed by atoms with van der Waals surface area (Å²) in [6.07, 6.45) is 5.36. The van der Waals surface area contributed by atoms with E-state index in [1.807, 2.05) is 28.5 Å². The molecular formula is C20H19N3O3S. The van der Waals surface area contributed by atoms with E-state index in [2.05, 4.69) is 16.0 Å². The van der Waals surface area contributed by atoms with Gasteiger partial charge in [0.1, 0.15) is 5.69 Å². The van der Waals surface area contributed by atoms with Crippen molar-refractivity contribution in [2.75, 3.05) is 20.8 Å². The van der Waals surface area contributed by atoms with E-state index < -0.39 is 0 Å². The monoisotopic (exact) mass is 381 g/mol. The van der Waals surface area contributed by atoms with Gasteiger partial charge >= 0.3 is 0 Å². The largest absolute Gasteiger partial charge is 0.493 e. The first-order chi connectivity index (χ1) is 13.2. The van der Waals surface area contributed by atoms with Crippen LogP contribution in [0.1, 0.15) is 32.5 Å². The topological polar surface area (TPSA) is 64.6 Å². The summed E-state index contributed by atoms with van der Waals surface area (Å²) in [5.41, 5.74) is 2.57. The summed E-state index contributed by atoms with van der Waals surface area (Å²) in [5, 5.41) is 2.02. The molecule has 0 unspecified atom stereocenters. The predicted molar refractivity (Wildman–Crippen MR) is 102 cm³/mol. The molecule has 0 saturated heterocycles. The van der Waals surface area contributed by atoms with Crippen LogP contribution in [0, 0.1) is 0 Å². The molecule has 138 valence electrons. The fourth-order valence-electron chi connectivity index (χ4n) is 3.47. The van der Waals surface area contributed by atoms with E-state index in [1.54, 1.807) is 38.0 Å². The Balaban J connectivity index is 1.82. The second-order valence-corrected chi connectivity index (χ2v) is 7.14. The lowest BCUT2D eigenvalue weighted by molar-refractivity contribution is 0.0690. The second-order valence-electron chi connectivity index (χ2n) is 6.16. The first kappa shape index (κ1) is 17.5. The van der Waals surface area contributed by atoms with Gasteiger partial charge in [-0.25, -0.2) is 4.98 Å². The van der Waals surface area contributed by atoms with Crippen LogP contribution in [0.25, 0.3) is 0 Å². The van der Waals surface area contributed by atoms with Gasteiger partial charge in [0.25, 0.3) is 5.91 Å². The van der Waals surface area contributed by atoms with Gasteiger partial charge < -0.3 is 14.4 Å². The molecule has 0 N–H and O–H groups in total. The molecule has 0 saturated carbocycles. The average molecular weight is 381 g/mol. The van der Waals surface area contributed by atoms with E-state index in [9.17, 15) is 4.79 Å². The maximum absolute atomic E-state index is 13.2. The first-order valence-corrected chi connectivity index (χ1v) is 9.46. The van der Waals surface area contributed by atoms with Crippen molar-refractivity contribution in [1.82, 2.24) is 14.9 Å². The summed E-state index contributed by atoms with van der Waals surface area (Å²) in [6.45, 7) is 0.598. The number of methoxy groups -OCH3 is 2. The minimum atomic E-state index is -0.192. The van der Waals surface area contributed by atoms with Crippen LogP contribution in [0.3, 0.4) is 0 Å². The number of benzene rings is 1. The van der Waals surface area contributed by atoms with Crippen LogP contribution in [0.4, 0.5) is 0 Å². The number of ether oxygens (including phenoxy) is 2. The maximum Gasteiger partial charge on any atom is 0.274 e. The molecular weight excluding hydrogens is 362 g/mol. The number of hydrogen-bond acceptors (Lipinski definition) is 6. The Kier molecular flexibility index (Phi) is 4.77. The Labute approximate surface area is 161 Å². The Morgan fingerprint density at radius 3 is 2.70 bits per heavy atom. The summed E-state index contributed by atoms with van der Waals surface area (Å²) in [4.78, 5) is 24.4. The standard InChI is InChI=1S/C20H19N3O3S/c1-25-16-10-13-5-8-23(20(24)15-12-21-6-7-22-15)19(18-4-3-9-27-18)14(13)11-17(16)26-2/h3-4,6-7,9-12,19H,5,8H2,1-2H3/t19-/m0/s1. The van der Waals surface area contributed by atoms with E-state index in [0.29, 0.717) is 23.7 Å². The number of carbonyl (C=O) groups is 1. The minimum Gasteiger partial charge on any atom is -0.493 e. The molecule has 0 bridgehead atoms. The molecule has 0 spiro atoms. The van der Waals surface area contributed by atoms with Gasteiger partial charge in [-0.15, -0.1) is 11.3 Å². The normalized spacial score (nSPS) is 15.9. The van der Waals surface area contributed by atoms with Crippen LogP contribution in [0.15, 0.2) is 48.2 Å². The van der Waals surface area contributed by atoms with E-state index in [-0.39, 0.29) is 11.9 Å². The summed E-state index contributed by atoms with van der Waals surface area (Å²) < 4.78 is 11.0. The van der Waals surface area contributed by atoms with E-state index in [4.69, 9.17) is 9.47 Å². The molecule has 2 aromatic heterocycles. The van der Waals surface area contributed by atoms with E-state index in [0.717, 1.165) is 22.4 Å². The van der Waals surface area contributed by atoms with Crippen LogP contribution in [0.2, 0.25) is 0 Å². The lowest BCUT2D eigenvalue weighted by Crippen LogP contribution is -2.40. The molecule has 1 aromatic carbocycles. The molecule has 6 nitrogen and oxygen atoms in total. The van der Waals surface area contributed by atoms with Gasteiger partial charge in [0.15, 0.2) is 11.5 Å². The van der Waals surface area contributed by atoms with Gasteiger partial charge in [0.05, 0.1) is 26.5 Å². The van der Waals surface area contributed by atoms with Gasteiger partial charge in [0.2, 0.25) is 0 Å². The maximum atomic E-state index is 13.2. The molecule has 1 aliphatic rings. The van der Waals surface area contributed by atoms with Crippen LogP contribution < -0.4 is 9.47 Å². The molecule has 4 rings (SSSR count). The predicted octanol–water partition coefficient (Wildman–Crippen LogP) is 3.34. The van der Waals surface area contributed by atoms with E-state index >= 15 is 0 Å². The Bertz CT molecular complexity index is 945. The van der Waals surface area contributed by atoms with Crippen LogP contribution in [-0.4, -0.2) is 41.5 Å². The molecule has 1 aliphatic heterocycles. The minimum absolute atomic E-state index is 0.123. The summed E-state index contributed by atoms with van der Waals surface area (Å²) in [5.74, 6) is 1.24. The fourth-order valence-corrected chi connectivity index (χ4v) is 4.33. The Morgan fingerprint density at radius 1 is 1.22 bits per heavy atom. The lowest BCUT2D eigenvalue weighted by atomic mass is 9.90. The zero-order valence-corrected chi connectivity index (χ0v) is 15.9. The number of hydrogen-bond donors (Lipinski definition) is 0. The third-order valence-electron chi connectivity index (χ3n) is 4.73. The Hall–Kier alpha value is -2.93. The van der Waals surface area contributed by atoms with Crippen molar-refractivity contribution in [2.24, 2.45) is 0 Å². The number of amides is 1. The highest BCUT2D eigenvalue weighted by Crippen LogP contribution is 2.42. The molecule has 0 aliphatic carbocycles. The number of aromatic nitrogens is 2. The van der Waals surface area contributed by atoms with Crippen molar-refractivity contribution in [3.63, 3.8) is 0 Å². The quantitative estimate of drug-likeness (QED) is 0.693. The molecule has 27 heavy (non-hydrogen) atoms. The molecule has 0 fully saturated rings. The molecule has 1 amide bonds. The van der Waals surface area contributed by atoms with Gasteiger partial charge in [-0.1, -0.05) is 6.07 Å². The fraction of sp³-hybridized carbons (Fsp3) is 0.250. The van der Waals surface area contributed by atoms with Crippen molar-refractivity contribution in [3.05, 3.63) is 69.9 Å². The number of rotatable bonds is 4. The van der Waals surface area contributed by atoms with Crippen molar-refractivity contribution < 1.29 is 14.3 Å². The highest BCUT2D eigenvalue weighted by molar-refractivity contribution is 7.10. The second kappa shape index (κ2) is 7.36. The van der Waals surface area contributed by atoms with Crippen molar-refractivity contribution in [3.8, 4) is 11.5 Å². The Morgan fingerprint density at radius 2 is 2.04 bits per heavy atom. The van der Waals surface area contributed by atoms with Crippen molar-refractivity contribution >= 4 is 17.2 Å². The van der Waals surface area contributed by atoms with Crippen molar-refractivity contribution in [2.45, 2.75) is 12.5 Å². The summed E-state index contributed by atoms with van der Waals surface area (Å²) in [7, 11) is 3.25. The number of carbonyl (C=O) groups excluding carboxylic acids is 1. The van der Waals surface area contributed by atoms with Crippen molar-refractivity contribution in [1.29, 1.82) is 0 Å². The number of nitrogens with zero attached hydrogens (tertiary/aromatic N) is 3. The molecule has 0 radical (unpaired) electrons. The average Bonchev–Trinajstić information content (AvgIpc) is 3.26. The van der Waals surface area contributed by atoms with E-state index in [1.165, 1.54) is 6.20 Å². The summed E-state index contributed by atoms with van der Waals surface area (Å²) in [6, 6.07) is 7.86. The number of fused-ring (bicyclic) bond motifs is 1.